The molecule has 0 radical (unpaired) electrons. The third-order valence-electron chi connectivity index (χ3n) is 3.85. The topological polar surface area (TPSA) is 46.9 Å². The predicted octanol–water partition coefficient (Wildman–Crippen LogP) is 3.93. The van der Waals surface area contributed by atoms with Crippen LogP contribution in [0.4, 0.5) is 5.69 Å². The molecule has 0 aromatic carbocycles. The van der Waals surface area contributed by atoms with Gasteiger partial charge in [-0.2, -0.15) is 5.10 Å². The standard InChI is InChI=1S/C15H26ClN3O/c1-5-8-9-19-15(20)14(16)13(10-17-19)18-11(4)12(6-2)7-3/h10-12,18H,5-9H2,1-4H3. The van der Waals surface area contributed by atoms with Crippen LogP contribution in [0.1, 0.15) is 53.4 Å². The number of nitrogens with one attached hydrogen (secondary N) is 1. The molecule has 0 aliphatic heterocycles. The molecular formula is C15H26ClN3O. The minimum atomic E-state index is -0.207. The van der Waals surface area contributed by atoms with Gasteiger partial charge in [0.2, 0.25) is 0 Å². The highest BCUT2D eigenvalue weighted by molar-refractivity contribution is 6.32. The Morgan fingerprint density at radius 2 is 2.00 bits per heavy atom. The minimum Gasteiger partial charge on any atom is -0.380 e. The summed E-state index contributed by atoms with van der Waals surface area (Å²) in [7, 11) is 0. The van der Waals surface area contributed by atoms with Crippen molar-refractivity contribution in [1.82, 2.24) is 9.78 Å². The van der Waals surface area contributed by atoms with Crippen molar-refractivity contribution < 1.29 is 0 Å². The molecule has 0 saturated heterocycles. The molecule has 1 rings (SSSR count). The molecule has 1 atom stereocenters. The number of hydrogen-bond donors (Lipinski definition) is 1. The first kappa shape index (κ1) is 17.0. The second-order valence-electron chi connectivity index (χ2n) is 5.26. The Labute approximate surface area is 126 Å². The second-order valence-corrected chi connectivity index (χ2v) is 5.64. The lowest BCUT2D eigenvalue weighted by Crippen LogP contribution is -2.29. The molecule has 1 N–H and O–H groups in total. The van der Waals surface area contributed by atoms with Crippen molar-refractivity contribution in [3.63, 3.8) is 0 Å². The maximum Gasteiger partial charge on any atom is 0.287 e. The van der Waals surface area contributed by atoms with Crippen LogP contribution in [0.5, 0.6) is 0 Å². The van der Waals surface area contributed by atoms with Crippen molar-refractivity contribution in [2.24, 2.45) is 5.92 Å². The molecule has 1 heterocycles. The molecule has 4 nitrogen and oxygen atoms in total. The first-order chi connectivity index (χ1) is 9.54. The maximum absolute atomic E-state index is 12.1. The maximum atomic E-state index is 12.1. The Morgan fingerprint density at radius 1 is 1.35 bits per heavy atom. The summed E-state index contributed by atoms with van der Waals surface area (Å²) in [5, 5.41) is 7.77. The fraction of sp³-hybridized carbons (Fsp3) is 0.733. The van der Waals surface area contributed by atoms with Gasteiger partial charge in [0.05, 0.1) is 11.9 Å². The Hall–Kier alpha value is -1.03. The summed E-state index contributed by atoms with van der Waals surface area (Å²) >= 11 is 6.18. The van der Waals surface area contributed by atoms with E-state index >= 15 is 0 Å². The predicted molar refractivity (Wildman–Crippen MR) is 85.6 cm³/mol. The van der Waals surface area contributed by atoms with E-state index in [0.717, 1.165) is 25.7 Å². The largest absolute Gasteiger partial charge is 0.380 e. The van der Waals surface area contributed by atoms with Crippen LogP contribution in [-0.2, 0) is 6.54 Å². The van der Waals surface area contributed by atoms with Gasteiger partial charge < -0.3 is 5.32 Å². The van der Waals surface area contributed by atoms with Crippen molar-refractivity contribution in [2.45, 2.75) is 66.0 Å². The van der Waals surface area contributed by atoms with Gasteiger partial charge in [0, 0.05) is 12.6 Å². The van der Waals surface area contributed by atoms with E-state index in [9.17, 15) is 4.79 Å². The van der Waals surface area contributed by atoms with Gasteiger partial charge in [-0.15, -0.1) is 0 Å². The highest BCUT2D eigenvalue weighted by Gasteiger charge is 2.16. The summed E-state index contributed by atoms with van der Waals surface area (Å²) in [5.41, 5.74) is 0.436. The average molecular weight is 300 g/mol. The van der Waals surface area contributed by atoms with Crippen LogP contribution in [0, 0.1) is 5.92 Å². The Morgan fingerprint density at radius 3 is 2.55 bits per heavy atom. The van der Waals surface area contributed by atoms with Gasteiger partial charge in [-0.05, 0) is 19.3 Å². The van der Waals surface area contributed by atoms with Crippen LogP contribution in [0.25, 0.3) is 0 Å². The van der Waals surface area contributed by atoms with E-state index in [0.29, 0.717) is 18.2 Å². The number of hydrogen-bond acceptors (Lipinski definition) is 3. The molecular weight excluding hydrogens is 274 g/mol. The number of anilines is 1. The Kier molecular flexibility index (Phi) is 7.06. The van der Waals surface area contributed by atoms with Crippen LogP contribution in [-0.4, -0.2) is 15.8 Å². The molecule has 0 bridgehead atoms. The van der Waals surface area contributed by atoms with Crippen LogP contribution >= 0.6 is 11.6 Å². The Balaban J connectivity index is 2.87. The molecule has 1 aromatic heterocycles. The first-order valence-corrected chi connectivity index (χ1v) is 7.94. The first-order valence-electron chi connectivity index (χ1n) is 7.57. The van der Waals surface area contributed by atoms with E-state index in [-0.39, 0.29) is 16.6 Å². The van der Waals surface area contributed by atoms with Crippen LogP contribution in [0.15, 0.2) is 11.0 Å². The zero-order chi connectivity index (χ0) is 15.1. The zero-order valence-electron chi connectivity index (χ0n) is 12.9. The molecule has 0 fully saturated rings. The molecule has 20 heavy (non-hydrogen) atoms. The third-order valence-corrected chi connectivity index (χ3v) is 4.21. The van der Waals surface area contributed by atoms with Gasteiger partial charge >= 0.3 is 0 Å². The van der Waals surface area contributed by atoms with Crippen molar-refractivity contribution >= 4 is 17.3 Å². The zero-order valence-corrected chi connectivity index (χ0v) is 13.7. The fourth-order valence-electron chi connectivity index (χ4n) is 2.39. The van der Waals surface area contributed by atoms with Gasteiger partial charge in [-0.25, -0.2) is 4.68 Å². The molecule has 1 unspecified atom stereocenters. The molecule has 0 spiro atoms. The average Bonchev–Trinajstić information content (AvgIpc) is 2.44. The van der Waals surface area contributed by atoms with Crippen molar-refractivity contribution in [2.75, 3.05) is 5.32 Å². The summed E-state index contributed by atoms with van der Waals surface area (Å²) in [6.07, 6.45) is 5.82. The lowest BCUT2D eigenvalue weighted by molar-refractivity contribution is 0.437. The molecule has 0 amide bonds. The van der Waals surface area contributed by atoms with E-state index in [4.69, 9.17) is 11.6 Å². The van der Waals surface area contributed by atoms with Gasteiger partial charge in [0.15, 0.2) is 0 Å². The van der Waals surface area contributed by atoms with E-state index < -0.39 is 0 Å². The smallest absolute Gasteiger partial charge is 0.287 e. The van der Waals surface area contributed by atoms with E-state index in [1.165, 1.54) is 4.68 Å². The van der Waals surface area contributed by atoms with Gasteiger partial charge in [-0.3, -0.25) is 4.79 Å². The normalized spacial score (nSPS) is 12.7. The number of aromatic nitrogens is 2. The van der Waals surface area contributed by atoms with E-state index in [2.05, 4.69) is 38.1 Å². The Bertz CT molecular complexity index is 469. The highest BCUT2D eigenvalue weighted by atomic mass is 35.5. The van der Waals surface area contributed by atoms with Crippen LogP contribution in [0.2, 0.25) is 5.02 Å². The van der Waals surface area contributed by atoms with Gasteiger partial charge in [0.25, 0.3) is 5.56 Å². The van der Waals surface area contributed by atoms with Gasteiger partial charge in [0.1, 0.15) is 5.02 Å². The molecule has 0 aliphatic rings. The van der Waals surface area contributed by atoms with Crippen LogP contribution in [0.3, 0.4) is 0 Å². The summed E-state index contributed by atoms with van der Waals surface area (Å²) in [4.78, 5) is 12.1. The lowest BCUT2D eigenvalue weighted by atomic mass is 9.95. The second kappa shape index (κ2) is 8.30. The SMILES string of the molecule is CCCCn1ncc(NC(C)C(CC)CC)c(Cl)c1=O. The molecule has 1 aromatic rings. The third kappa shape index (κ3) is 4.23. The van der Waals surface area contributed by atoms with E-state index in [1.54, 1.807) is 6.20 Å². The fourth-order valence-corrected chi connectivity index (χ4v) is 2.59. The summed E-state index contributed by atoms with van der Waals surface area (Å²) < 4.78 is 1.44. The quantitative estimate of drug-likeness (QED) is 0.791. The van der Waals surface area contributed by atoms with Crippen molar-refractivity contribution in [3.05, 3.63) is 21.6 Å². The van der Waals surface area contributed by atoms with E-state index in [1.807, 2.05) is 0 Å². The van der Waals surface area contributed by atoms with Crippen molar-refractivity contribution in [3.8, 4) is 0 Å². The summed E-state index contributed by atoms with van der Waals surface area (Å²) in [5.74, 6) is 0.564. The van der Waals surface area contributed by atoms with Gasteiger partial charge in [-0.1, -0.05) is 51.6 Å². The number of halogens is 1. The highest BCUT2D eigenvalue weighted by Crippen LogP contribution is 2.21. The molecule has 114 valence electrons. The van der Waals surface area contributed by atoms with Crippen molar-refractivity contribution in [1.29, 1.82) is 0 Å². The summed E-state index contributed by atoms with van der Waals surface area (Å²) in [6.45, 7) is 9.18. The molecule has 0 aliphatic carbocycles. The molecule has 5 heteroatoms. The number of nitrogens with zero attached hydrogens (tertiary/aromatic N) is 2. The summed E-state index contributed by atoms with van der Waals surface area (Å²) in [6, 6.07) is 0.273. The lowest BCUT2D eigenvalue weighted by Gasteiger charge is -2.23. The monoisotopic (exact) mass is 299 g/mol. The number of unbranched alkanes of at least 4 members (excludes halogenated alkanes) is 1. The number of rotatable bonds is 8. The van der Waals surface area contributed by atoms with Crippen LogP contribution < -0.4 is 10.9 Å². The number of aryl methyl sites for hydroxylation is 1. The minimum absolute atomic E-state index is 0.207. The molecule has 0 saturated carbocycles.